The molecule has 0 saturated carbocycles. The summed E-state index contributed by atoms with van der Waals surface area (Å²) in [6.45, 7) is 2.63. The van der Waals surface area contributed by atoms with Gasteiger partial charge >= 0.3 is 0 Å². The van der Waals surface area contributed by atoms with Crippen molar-refractivity contribution in [3.05, 3.63) is 72.9 Å². The van der Waals surface area contributed by atoms with E-state index >= 15 is 0 Å². The summed E-state index contributed by atoms with van der Waals surface area (Å²) >= 11 is 0. The van der Waals surface area contributed by atoms with Gasteiger partial charge in [-0.05, 0) is 70.6 Å². The third-order valence-electron chi connectivity index (χ3n) is 13.9. The molecule has 0 bridgehead atoms. The van der Waals surface area contributed by atoms with Crippen molar-refractivity contribution in [1.82, 2.24) is 5.32 Å². The molecule has 0 radical (unpaired) electrons. The number of hydrogen-bond donors (Lipinski definition) is 9. The second kappa shape index (κ2) is 45.4. The summed E-state index contributed by atoms with van der Waals surface area (Å²) in [6.07, 6.45) is 42.4. The highest BCUT2D eigenvalue weighted by Crippen LogP contribution is 2.30. The molecule has 9 N–H and O–H groups in total. The van der Waals surface area contributed by atoms with Crippen LogP contribution >= 0.6 is 0 Å². The monoisotopic (exact) mass is 1050 g/mol. The summed E-state index contributed by atoms with van der Waals surface area (Å²) in [5.41, 5.74) is 0. The topological polar surface area (TPSA) is 228 Å². The summed E-state index contributed by atoms with van der Waals surface area (Å²) < 4.78 is 22.7. The van der Waals surface area contributed by atoms with Gasteiger partial charge in [-0.1, -0.05) is 202 Å². The molecule has 2 aliphatic rings. The Morgan fingerprint density at radius 2 is 0.946 bits per heavy atom. The van der Waals surface area contributed by atoms with Gasteiger partial charge in [0.05, 0.1) is 32.0 Å². The first-order valence-corrected chi connectivity index (χ1v) is 29.2. The van der Waals surface area contributed by atoms with Crippen LogP contribution in [0.15, 0.2) is 72.9 Å². The molecule has 2 fully saturated rings. The van der Waals surface area contributed by atoms with Crippen LogP contribution < -0.4 is 5.32 Å². The number of aliphatic hydroxyl groups is 8. The largest absolute Gasteiger partial charge is 0.394 e. The first-order chi connectivity index (χ1) is 36.1. The van der Waals surface area contributed by atoms with E-state index in [1.807, 2.05) is 6.08 Å². The SMILES string of the molecule is CC/C=C\C/C=C\C/C=C\C/C=C\CCCCC(=O)NC(COC1OC(CO)C(OC2OC(CO)C(O)C(O)C2O)C(O)C1O)C(O)/C=C/CC/C=C/CCCCCCCCCCCCCCCCCCCCC. The molecule has 0 spiro atoms. The van der Waals surface area contributed by atoms with Crippen molar-refractivity contribution < 1.29 is 64.6 Å². The van der Waals surface area contributed by atoms with Crippen molar-refractivity contribution >= 4 is 5.91 Å². The molecule has 14 nitrogen and oxygen atoms in total. The highest BCUT2D eigenvalue weighted by Gasteiger charge is 2.51. The van der Waals surface area contributed by atoms with E-state index in [-0.39, 0.29) is 18.9 Å². The van der Waals surface area contributed by atoms with Gasteiger partial charge in [0.1, 0.15) is 48.8 Å². The minimum Gasteiger partial charge on any atom is -0.394 e. The van der Waals surface area contributed by atoms with Crippen LogP contribution in [0.2, 0.25) is 0 Å². The number of ether oxygens (including phenoxy) is 4. The van der Waals surface area contributed by atoms with Gasteiger partial charge in [0.15, 0.2) is 12.6 Å². The minimum atomic E-state index is -1.80. The van der Waals surface area contributed by atoms with E-state index in [1.54, 1.807) is 6.08 Å². The lowest BCUT2D eigenvalue weighted by molar-refractivity contribution is -0.359. The normalized spacial score (nSPS) is 25.8. The average molecular weight is 1050 g/mol. The van der Waals surface area contributed by atoms with E-state index in [9.17, 15) is 45.6 Å². The molecule has 74 heavy (non-hydrogen) atoms. The van der Waals surface area contributed by atoms with Crippen molar-refractivity contribution in [2.45, 2.75) is 280 Å². The van der Waals surface area contributed by atoms with Crippen LogP contribution in [0.25, 0.3) is 0 Å². The van der Waals surface area contributed by atoms with Gasteiger partial charge in [-0.25, -0.2) is 0 Å². The Morgan fingerprint density at radius 1 is 0.500 bits per heavy atom. The van der Waals surface area contributed by atoms with E-state index in [0.29, 0.717) is 12.8 Å². The Hall–Kier alpha value is -2.57. The number of rotatable bonds is 45. The predicted molar refractivity (Wildman–Crippen MR) is 295 cm³/mol. The maximum absolute atomic E-state index is 13.2. The lowest BCUT2D eigenvalue weighted by Crippen LogP contribution is -2.65. The second-order valence-corrected chi connectivity index (χ2v) is 20.4. The summed E-state index contributed by atoms with van der Waals surface area (Å²) in [7, 11) is 0. The highest BCUT2D eigenvalue weighted by molar-refractivity contribution is 5.76. The zero-order valence-corrected chi connectivity index (χ0v) is 45.8. The molecule has 2 saturated heterocycles. The van der Waals surface area contributed by atoms with E-state index in [1.165, 1.54) is 122 Å². The molecule has 0 aromatic heterocycles. The van der Waals surface area contributed by atoms with Crippen LogP contribution in [-0.2, 0) is 23.7 Å². The Balaban J connectivity index is 1.79. The highest BCUT2D eigenvalue weighted by atomic mass is 16.7. The molecule has 428 valence electrons. The number of nitrogens with one attached hydrogen (secondary N) is 1. The van der Waals surface area contributed by atoms with Crippen LogP contribution in [-0.4, -0.2) is 140 Å². The molecular formula is C60H105NO13. The van der Waals surface area contributed by atoms with Crippen LogP contribution in [0, 0.1) is 0 Å². The molecule has 12 unspecified atom stereocenters. The van der Waals surface area contributed by atoms with Crippen molar-refractivity contribution in [3.8, 4) is 0 Å². The fourth-order valence-electron chi connectivity index (χ4n) is 9.18. The van der Waals surface area contributed by atoms with Crippen LogP contribution in [0.1, 0.15) is 206 Å². The first-order valence-electron chi connectivity index (χ1n) is 29.2. The smallest absolute Gasteiger partial charge is 0.220 e. The molecule has 1 amide bonds. The number of carbonyl (C=O) groups excluding carboxylic acids is 1. The molecule has 14 heteroatoms. The molecule has 2 heterocycles. The van der Waals surface area contributed by atoms with Crippen LogP contribution in [0.3, 0.4) is 0 Å². The summed E-state index contributed by atoms with van der Waals surface area (Å²) in [6, 6.07) is -0.957. The van der Waals surface area contributed by atoms with Gasteiger partial charge in [-0.3, -0.25) is 4.79 Å². The summed E-state index contributed by atoms with van der Waals surface area (Å²) in [5.74, 6) is -0.291. The molecule has 0 aromatic carbocycles. The zero-order valence-electron chi connectivity index (χ0n) is 45.8. The van der Waals surface area contributed by atoms with Crippen molar-refractivity contribution in [1.29, 1.82) is 0 Å². The minimum absolute atomic E-state index is 0.218. The van der Waals surface area contributed by atoms with E-state index in [2.05, 4.69) is 79.9 Å². The Morgan fingerprint density at radius 3 is 1.49 bits per heavy atom. The number of unbranched alkanes of at least 4 members (excludes halogenated alkanes) is 22. The third kappa shape index (κ3) is 31.0. The van der Waals surface area contributed by atoms with Gasteiger partial charge in [0.2, 0.25) is 5.91 Å². The Bertz CT molecular complexity index is 1520. The number of amides is 1. The zero-order chi connectivity index (χ0) is 53.9. The fourth-order valence-corrected chi connectivity index (χ4v) is 9.18. The van der Waals surface area contributed by atoms with Gasteiger partial charge in [-0.15, -0.1) is 0 Å². The van der Waals surface area contributed by atoms with Gasteiger partial charge in [-0.2, -0.15) is 0 Å². The van der Waals surface area contributed by atoms with Crippen LogP contribution in [0.5, 0.6) is 0 Å². The summed E-state index contributed by atoms with van der Waals surface area (Å²) in [5, 5.41) is 86.9. The van der Waals surface area contributed by atoms with E-state index < -0.39 is 86.8 Å². The molecule has 2 rings (SSSR count). The molecule has 12 atom stereocenters. The lowest BCUT2D eigenvalue weighted by atomic mass is 9.97. The Kier molecular flexibility index (Phi) is 41.5. The van der Waals surface area contributed by atoms with Crippen molar-refractivity contribution in [2.75, 3.05) is 19.8 Å². The van der Waals surface area contributed by atoms with Crippen molar-refractivity contribution in [3.63, 3.8) is 0 Å². The molecular weight excluding hydrogens is 943 g/mol. The third-order valence-corrected chi connectivity index (χ3v) is 13.9. The fraction of sp³-hybridized carbons (Fsp3) is 0.783. The quantitative estimate of drug-likeness (QED) is 0.0205. The number of aliphatic hydroxyl groups excluding tert-OH is 8. The van der Waals surface area contributed by atoms with Gasteiger partial charge in [0, 0.05) is 6.42 Å². The Labute approximate surface area is 447 Å². The van der Waals surface area contributed by atoms with Gasteiger partial charge < -0.3 is 65.1 Å². The van der Waals surface area contributed by atoms with E-state index in [0.717, 1.165) is 51.4 Å². The molecule has 0 aliphatic carbocycles. The maximum Gasteiger partial charge on any atom is 0.220 e. The lowest BCUT2D eigenvalue weighted by Gasteiger charge is -2.46. The van der Waals surface area contributed by atoms with Crippen LogP contribution in [0.4, 0.5) is 0 Å². The second-order valence-electron chi connectivity index (χ2n) is 20.4. The molecule has 2 aliphatic heterocycles. The maximum atomic E-state index is 13.2. The average Bonchev–Trinajstić information content (AvgIpc) is 3.40. The van der Waals surface area contributed by atoms with E-state index in [4.69, 9.17) is 18.9 Å². The summed E-state index contributed by atoms with van der Waals surface area (Å²) in [4.78, 5) is 13.2. The first kappa shape index (κ1) is 67.5. The van der Waals surface area contributed by atoms with Gasteiger partial charge in [0.25, 0.3) is 0 Å². The number of carbonyl (C=O) groups is 1. The predicted octanol–water partition coefficient (Wildman–Crippen LogP) is 9.55. The number of hydrogen-bond acceptors (Lipinski definition) is 13. The standard InChI is InChI=1S/C60H105NO13/c1-3-5-7-9-11-13-15-17-19-20-21-22-23-24-25-26-27-28-30-31-33-35-37-39-41-43-49(64)48(61-52(65)44-42-40-38-36-34-32-29-18-16-14-12-10-8-6-4-2)47-71-59-57(70)55(68)58(51(46-63)73-59)74-60-56(69)54(67)53(66)50(45-62)72-60/h6,8,12,14,18,29,33-36,41,43,48-51,53-60,62-64,66-70H,3-5,7,9-11,13,15-17,19-28,30-32,37-40,42,44-47H2,1-2H3,(H,61,65)/b8-6-,14-12-,29-18-,35-33+,36-34-,43-41+. The number of allylic oxidation sites excluding steroid dienone is 11. The molecule has 0 aromatic rings. The van der Waals surface area contributed by atoms with Crippen molar-refractivity contribution in [2.24, 2.45) is 0 Å².